The molecular weight excluding hydrogens is 406 g/mol. The van der Waals surface area contributed by atoms with Crippen LogP contribution in [0.3, 0.4) is 0 Å². The second kappa shape index (κ2) is 10.7. The number of rotatable bonds is 7. The Morgan fingerprint density at radius 3 is 2.24 bits per heavy atom. The monoisotopic (exact) mass is 431 g/mol. The van der Waals surface area contributed by atoms with Crippen LogP contribution in [0.2, 0.25) is 5.02 Å². The molecule has 1 N–H and O–H groups in total. The molecule has 3 rings (SSSR count). The lowest BCUT2D eigenvalue weighted by molar-refractivity contribution is -0.130. The first-order chi connectivity index (χ1) is 14.1. The fraction of sp³-hybridized carbons (Fsp3) is 0.364. The zero-order chi connectivity index (χ0) is 20.6. The average molecular weight is 432 g/mol. The Morgan fingerprint density at radius 1 is 1.00 bits per heavy atom. The van der Waals surface area contributed by atoms with E-state index in [4.69, 9.17) is 11.6 Å². The minimum absolute atomic E-state index is 0.00833. The highest BCUT2D eigenvalue weighted by atomic mass is 35.5. The van der Waals surface area contributed by atoms with E-state index < -0.39 is 0 Å². The van der Waals surface area contributed by atoms with Crippen LogP contribution in [0.1, 0.15) is 16.4 Å². The fourth-order valence-corrected chi connectivity index (χ4v) is 4.65. The number of nitrogens with zero attached hydrogens (tertiary/aromatic N) is 2. The summed E-state index contributed by atoms with van der Waals surface area (Å²) in [7, 11) is 1.64. The number of carbonyl (C=O) groups excluding carboxylic acids is 2. The van der Waals surface area contributed by atoms with Crippen LogP contribution >= 0.6 is 23.4 Å². The summed E-state index contributed by atoms with van der Waals surface area (Å²) in [5, 5.41) is 3.42. The molecule has 0 radical (unpaired) electrons. The normalized spacial score (nSPS) is 15.7. The number of likely N-dealkylation sites (N-methyl/N-ethyl adjacent to an activating group) is 1. The van der Waals surface area contributed by atoms with Gasteiger partial charge in [0.15, 0.2) is 0 Å². The van der Waals surface area contributed by atoms with Crippen LogP contribution in [0, 0.1) is 0 Å². The summed E-state index contributed by atoms with van der Waals surface area (Å²) in [6.07, 6.45) is 0. The molecule has 0 saturated carbocycles. The molecule has 1 fully saturated rings. The molecule has 0 aromatic heterocycles. The SMILES string of the molecule is CNC(=O)CN1CCN(C(=O)CSC(c2ccccc2)c2ccc(Cl)cc2)CC1. The van der Waals surface area contributed by atoms with Gasteiger partial charge in [0, 0.05) is 38.2 Å². The van der Waals surface area contributed by atoms with Crippen LogP contribution in [0.15, 0.2) is 54.6 Å². The van der Waals surface area contributed by atoms with Crippen molar-refractivity contribution in [1.82, 2.24) is 15.1 Å². The van der Waals surface area contributed by atoms with Crippen LogP contribution in [0.4, 0.5) is 0 Å². The van der Waals surface area contributed by atoms with Gasteiger partial charge < -0.3 is 10.2 Å². The number of piperazine rings is 1. The maximum Gasteiger partial charge on any atom is 0.233 e. The highest BCUT2D eigenvalue weighted by Gasteiger charge is 2.24. The van der Waals surface area contributed by atoms with Crippen LogP contribution in [-0.2, 0) is 9.59 Å². The molecule has 0 aliphatic carbocycles. The number of nitrogens with one attached hydrogen (secondary N) is 1. The molecule has 1 saturated heterocycles. The summed E-state index contributed by atoms with van der Waals surface area (Å²) >= 11 is 7.69. The molecule has 1 aliphatic heterocycles. The van der Waals surface area contributed by atoms with Crippen LogP contribution in [0.5, 0.6) is 0 Å². The van der Waals surface area contributed by atoms with Crippen molar-refractivity contribution in [3.8, 4) is 0 Å². The number of hydrogen-bond acceptors (Lipinski definition) is 4. The minimum atomic E-state index is 0.00833. The van der Waals surface area contributed by atoms with E-state index in [9.17, 15) is 9.59 Å². The molecule has 2 aromatic rings. The topological polar surface area (TPSA) is 52.7 Å². The molecular formula is C22H26ClN3O2S. The largest absolute Gasteiger partial charge is 0.358 e. The van der Waals surface area contributed by atoms with Crippen molar-refractivity contribution in [2.75, 3.05) is 45.5 Å². The lowest BCUT2D eigenvalue weighted by Crippen LogP contribution is -2.51. The summed E-state index contributed by atoms with van der Waals surface area (Å²) in [4.78, 5) is 28.3. The molecule has 29 heavy (non-hydrogen) atoms. The van der Waals surface area contributed by atoms with Crippen molar-refractivity contribution in [2.45, 2.75) is 5.25 Å². The van der Waals surface area contributed by atoms with Crippen molar-refractivity contribution in [3.63, 3.8) is 0 Å². The Labute approximate surface area is 181 Å². The van der Waals surface area contributed by atoms with Crippen molar-refractivity contribution < 1.29 is 9.59 Å². The van der Waals surface area contributed by atoms with E-state index in [1.165, 1.54) is 5.56 Å². The zero-order valence-corrected chi connectivity index (χ0v) is 18.1. The van der Waals surface area contributed by atoms with Crippen LogP contribution < -0.4 is 5.32 Å². The molecule has 0 spiro atoms. The second-order valence-corrected chi connectivity index (χ2v) is 8.51. The lowest BCUT2D eigenvalue weighted by Gasteiger charge is -2.34. The molecule has 7 heteroatoms. The van der Waals surface area contributed by atoms with E-state index in [-0.39, 0.29) is 17.1 Å². The van der Waals surface area contributed by atoms with Crippen molar-refractivity contribution in [3.05, 3.63) is 70.7 Å². The van der Waals surface area contributed by atoms with Gasteiger partial charge in [-0.05, 0) is 23.3 Å². The highest BCUT2D eigenvalue weighted by Crippen LogP contribution is 2.36. The van der Waals surface area contributed by atoms with Gasteiger partial charge in [-0.15, -0.1) is 11.8 Å². The molecule has 1 atom stereocenters. The lowest BCUT2D eigenvalue weighted by atomic mass is 10.0. The smallest absolute Gasteiger partial charge is 0.233 e. The third kappa shape index (κ3) is 6.23. The third-order valence-corrected chi connectivity index (χ3v) is 6.56. The van der Waals surface area contributed by atoms with E-state index >= 15 is 0 Å². The highest BCUT2D eigenvalue weighted by molar-refractivity contribution is 8.00. The van der Waals surface area contributed by atoms with Gasteiger partial charge in [-0.3, -0.25) is 14.5 Å². The summed E-state index contributed by atoms with van der Waals surface area (Å²) < 4.78 is 0. The molecule has 1 heterocycles. The first-order valence-corrected chi connectivity index (χ1v) is 11.1. The predicted octanol–water partition coefficient (Wildman–Crippen LogP) is 3.05. The summed E-state index contributed by atoms with van der Waals surface area (Å²) in [5.41, 5.74) is 2.30. The van der Waals surface area contributed by atoms with Crippen molar-refractivity contribution in [2.24, 2.45) is 0 Å². The Balaban J connectivity index is 1.59. The second-order valence-electron chi connectivity index (χ2n) is 6.98. The number of benzene rings is 2. The number of carbonyl (C=O) groups is 2. The quantitative estimate of drug-likeness (QED) is 0.732. The Hall–Kier alpha value is -2.02. The summed E-state index contributed by atoms with van der Waals surface area (Å²) in [6.45, 7) is 3.16. The Kier molecular flexibility index (Phi) is 7.98. The molecule has 2 amide bonds. The van der Waals surface area contributed by atoms with Gasteiger partial charge >= 0.3 is 0 Å². The number of halogens is 1. The third-order valence-electron chi connectivity index (χ3n) is 5.02. The van der Waals surface area contributed by atoms with Gasteiger partial charge in [-0.1, -0.05) is 54.1 Å². The maximum atomic E-state index is 12.8. The molecule has 1 aliphatic rings. The zero-order valence-electron chi connectivity index (χ0n) is 16.5. The van der Waals surface area contributed by atoms with Gasteiger partial charge in [0.2, 0.25) is 11.8 Å². The van der Waals surface area contributed by atoms with Crippen molar-refractivity contribution in [1.29, 1.82) is 0 Å². The van der Waals surface area contributed by atoms with Crippen LogP contribution in [0.25, 0.3) is 0 Å². The maximum absolute atomic E-state index is 12.8. The van der Waals surface area contributed by atoms with Gasteiger partial charge in [0.05, 0.1) is 17.5 Å². The first kappa shape index (κ1) is 21.7. The van der Waals surface area contributed by atoms with E-state index in [1.54, 1.807) is 18.8 Å². The number of hydrogen-bond donors (Lipinski definition) is 1. The number of amides is 2. The van der Waals surface area contributed by atoms with E-state index in [2.05, 4.69) is 22.3 Å². The molecule has 5 nitrogen and oxygen atoms in total. The molecule has 0 bridgehead atoms. The van der Waals surface area contributed by atoms with Crippen LogP contribution in [-0.4, -0.2) is 67.1 Å². The average Bonchev–Trinajstić information content (AvgIpc) is 2.76. The van der Waals surface area contributed by atoms with E-state index in [1.807, 2.05) is 47.4 Å². The predicted molar refractivity (Wildman–Crippen MR) is 119 cm³/mol. The minimum Gasteiger partial charge on any atom is -0.358 e. The van der Waals surface area contributed by atoms with Crippen molar-refractivity contribution >= 4 is 35.2 Å². The van der Waals surface area contributed by atoms with Gasteiger partial charge in [0.25, 0.3) is 0 Å². The molecule has 2 aromatic carbocycles. The van der Waals surface area contributed by atoms with E-state index in [0.717, 1.165) is 18.7 Å². The number of thioether (sulfide) groups is 1. The summed E-state index contributed by atoms with van der Waals surface area (Å²) in [5.74, 6) is 0.566. The first-order valence-electron chi connectivity index (χ1n) is 9.69. The van der Waals surface area contributed by atoms with Gasteiger partial charge in [-0.2, -0.15) is 0 Å². The van der Waals surface area contributed by atoms with E-state index in [0.29, 0.717) is 30.4 Å². The van der Waals surface area contributed by atoms with Gasteiger partial charge in [-0.25, -0.2) is 0 Å². The molecule has 1 unspecified atom stereocenters. The molecule has 154 valence electrons. The Bertz CT molecular complexity index is 809. The standard InChI is InChI=1S/C22H26ClN3O2S/c1-24-20(27)15-25-11-13-26(14-12-25)21(28)16-29-22(17-5-3-2-4-6-17)18-7-9-19(23)10-8-18/h2-10,22H,11-16H2,1H3,(H,24,27). The fourth-order valence-electron chi connectivity index (χ4n) is 3.33. The van der Waals surface area contributed by atoms with Gasteiger partial charge in [0.1, 0.15) is 0 Å². The Morgan fingerprint density at radius 2 is 1.62 bits per heavy atom. The summed E-state index contributed by atoms with van der Waals surface area (Å²) in [6, 6.07) is 18.0.